The SMILES string of the molecule is O=C(Nc1nc2c(s1)CCCC2)C1CSCN1. The monoisotopic (exact) mass is 269 g/mol. The van der Waals surface area contributed by atoms with E-state index in [2.05, 4.69) is 15.6 Å². The summed E-state index contributed by atoms with van der Waals surface area (Å²) in [6.45, 7) is 0. The normalized spacial score (nSPS) is 23.4. The van der Waals surface area contributed by atoms with E-state index >= 15 is 0 Å². The van der Waals surface area contributed by atoms with Gasteiger partial charge >= 0.3 is 0 Å². The molecule has 0 spiro atoms. The number of nitrogens with one attached hydrogen (secondary N) is 2. The quantitative estimate of drug-likeness (QED) is 0.857. The van der Waals surface area contributed by atoms with Gasteiger partial charge in [0.2, 0.25) is 5.91 Å². The zero-order valence-electron chi connectivity index (χ0n) is 9.49. The molecule has 1 amide bonds. The molecule has 2 aliphatic rings. The number of amides is 1. The van der Waals surface area contributed by atoms with Crippen molar-refractivity contribution in [3.05, 3.63) is 10.6 Å². The molecule has 3 rings (SSSR count). The van der Waals surface area contributed by atoms with Crippen molar-refractivity contribution < 1.29 is 4.79 Å². The van der Waals surface area contributed by atoms with Gasteiger partial charge in [-0.25, -0.2) is 4.98 Å². The number of aromatic nitrogens is 1. The van der Waals surface area contributed by atoms with Gasteiger partial charge in [0.1, 0.15) is 0 Å². The highest BCUT2D eigenvalue weighted by molar-refractivity contribution is 7.99. The van der Waals surface area contributed by atoms with Crippen LogP contribution in [-0.2, 0) is 17.6 Å². The fourth-order valence-corrected chi connectivity index (χ4v) is 4.16. The van der Waals surface area contributed by atoms with Gasteiger partial charge in [0.15, 0.2) is 5.13 Å². The van der Waals surface area contributed by atoms with Crippen molar-refractivity contribution in [3.8, 4) is 0 Å². The van der Waals surface area contributed by atoms with Gasteiger partial charge in [0, 0.05) is 16.5 Å². The number of thiazole rings is 1. The van der Waals surface area contributed by atoms with Gasteiger partial charge in [-0.05, 0) is 25.7 Å². The molecule has 0 radical (unpaired) electrons. The summed E-state index contributed by atoms with van der Waals surface area (Å²) in [5.41, 5.74) is 1.20. The highest BCUT2D eigenvalue weighted by Crippen LogP contribution is 2.29. The molecule has 2 N–H and O–H groups in total. The van der Waals surface area contributed by atoms with Crippen LogP contribution < -0.4 is 10.6 Å². The maximum Gasteiger partial charge on any atom is 0.244 e. The number of anilines is 1. The van der Waals surface area contributed by atoms with Crippen LogP contribution in [0.2, 0.25) is 0 Å². The van der Waals surface area contributed by atoms with Crippen LogP contribution in [0.1, 0.15) is 23.4 Å². The van der Waals surface area contributed by atoms with Crippen LogP contribution in [0, 0.1) is 0 Å². The first-order chi connectivity index (χ1) is 8.33. The highest BCUT2D eigenvalue weighted by Gasteiger charge is 2.24. The average molecular weight is 269 g/mol. The number of fused-ring (bicyclic) bond motifs is 1. The molecule has 1 aromatic rings. The topological polar surface area (TPSA) is 54.0 Å². The summed E-state index contributed by atoms with van der Waals surface area (Å²) in [6.07, 6.45) is 4.67. The summed E-state index contributed by atoms with van der Waals surface area (Å²) in [5.74, 6) is 1.78. The van der Waals surface area contributed by atoms with E-state index < -0.39 is 0 Å². The molecule has 0 saturated carbocycles. The van der Waals surface area contributed by atoms with Crippen LogP contribution in [0.15, 0.2) is 0 Å². The van der Waals surface area contributed by atoms with E-state index in [-0.39, 0.29) is 11.9 Å². The number of aryl methyl sites for hydroxylation is 2. The minimum Gasteiger partial charge on any atom is -0.301 e. The highest BCUT2D eigenvalue weighted by atomic mass is 32.2. The third kappa shape index (κ3) is 2.48. The molecule has 1 aliphatic heterocycles. The summed E-state index contributed by atoms with van der Waals surface area (Å²) >= 11 is 3.40. The van der Waals surface area contributed by atoms with Crippen molar-refractivity contribution in [1.29, 1.82) is 0 Å². The zero-order valence-corrected chi connectivity index (χ0v) is 11.1. The molecule has 1 aliphatic carbocycles. The van der Waals surface area contributed by atoms with E-state index in [9.17, 15) is 4.79 Å². The predicted octanol–water partition coefficient (Wildman–Crippen LogP) is 1.62. The molecule has 17 heavy (non-hydrogen) atoms. The van der Waals surface area contributed by atoms with E-state index in [1.165, 1.54) is 23.4 Å². The van der Waals surface area contributed by atoms with E-state index in [1.54, 1.807) is 23.1 Å². The fraction of sp³-hybridized carbons (Fsp3) is 0.636. The number of thioether (sulfide) groups is 1. The Morgan fingerprint density at radius 1 is 1.41 bits per heavy atom. The second kappa shape index (κ2) is 4.96. The molecule has 6 heteroatoms. The summed E-state index contributed by atoms with van der Waals surface area (Å²) in [6, 6.07) is -0.0547. The maximum atomic E-state index is 11.9. The van der Waals surface area contributed by atoms with Gasteiger partial charge in [-0.2, -0.15) is 0 Å². The molecule has 0 aromatic carbocycles. The van der Waals surface area contributed by atoms with Gasteiger partial charge < -0.3 is 5.32 Å². The minimum atomic E-state index is -0.0547. The van der Waals surface area contributed by atoms with E-state index in [4.69, 9.17) is 0 Å². The number of carbonyl (C=O) groups excluding carboxylic acids is 1. The molecule has 1 saturated heterocycles. The zero-order chi connectivity index (χ0) is 11.7. The number of carbonyl (C=O) groups is 1. The first-order valence-electron chi connectivity index (χ1n) is 5.93. The molecular formula is C11H15N3OS2. The molecule has 2 heterocycles. The number of nitrogens with zero attached hydrogens (tertiary/aromatic N) is 1. The lowest BCUT2D eigenvalue weighted by molar-refractivity contribution is -0.117. The molecule has 1 atom stereocenters. The largest absolute Gasteiger partial charge is 0.301 e. The fourth-order valence-electron chi connectivity index (χ4n) is 2.16. The van der Waals surface area contributed by atoms with Crippen molar-refractivity contribution in [2.75, 3.05) is 16.9 Å². The van der Waals surface area contributed by atoms with Crippen LogP contribution in [0.5, 0.6) is 0 Å². The molecule has 1 aromatic heterocycles. The Balaban J connectivity index is 1.68. The van der Waals surface area contributed by atoms with E-state index in [0.717, 1.165) is 29.6 Å². The summed E-state index contributed by atoms with van der Waals surface area (Å²) in [4.78, 5) is 17.8. The Labute approximate surface area is 109 Å². The average Bonchev–Trinajstić information content (AvgIpc) is 2.97. The van der Waals surface area contributed by atoms with Crippen molar-refractivity contribution in [1.82, 2.24) is 10.3 Å². The molecule has 1 fully saturated rings. The minimum absolute atomic E-state index is 0.0547. The predicted molar refractivity (Wildman–Crippen MR) is 71.6 cm³/mol. The number of rotatable bonds is 2. The van der Waals surface area contributed by atoms with E-state index in [0.29, 0.717) is 0 Å². The summed E-state index contributed by atoms with van der Waals surface area (Å²) < 4.78 is 0. The van der Waals surface area contributed by atoms with Gasteiger partial charge in [0.25, 0.3) is 0 Å². The van der Waals surface area contributed by atoms with Gasteiger partial charge in [-0.15, -0.1) is 23.1 Å². The van der Waals surface area contributed by atoms with Crippen LogP contribution in [0.3, 0.4) is 0 Å². The number of hydrogen-bond acceptors (Lipinski definition) is 5. The molecule has 0 bridgehead atoms. The Morgan fingerprint density at radius 3 is 3.06 bits per heavy atom. The van der Waals surface area contributed by atoms with Crippen LogP contribution in [0.25, 0.3) is 0 Å². The first-order valence-corrected chi connectivity index (χ1v) is 7.90. The van der Waals surface area contributed by atoms with E-state index in [1.807, 2.05) is 0 Å². The Kier molecular flexibility index (Phi) is 3.35. The second-order valence-corrected chi connectivity index (χ2v) is 6.47. The lowest BCUT2D eigenvalue weighted by Crippen LogP contribution is -2.37. The maximum absolute atomic E-state index is 11.9. The Hall–Kier alpha value is -0.590. The van der Waals surface area contributed by atoms with Crippen molar-refractivity contribution >= 4 is 34.1 Å². The Bertz CT molecular complexity index is 403. The molecule has 1 unspecified atom stereocenters. The van der Waals surface area contributed by atoms with Crippen LogP contribution in [0.4, 0.5) is 5.13 Å². The number of hydrogen-bond donors (Lipinski definition) is 2. The van der Waals surface area contributed by atoms with Crippen molar-refractivity contribution in [2.45, 2.75) is 31.7 Å². The standard InChI is InChI=1S/C11H15N3OS2/c15-10(8-5-16-6-12-8)14-11-13-7-3-1-2-4-9(7)17-11/h8,12H,1-6H2,(H,13,14,15). The van der Waals surface area contributed by atoms with Gasteiger partial charge in [0.05, 0.1) is 11.7 Å². The molecular weight excluding hydrogens is 254 g/mol. The molecule has 4 nitrogen and oxygen atoms in total. The Morgan fingerprint density at radius 2 is 2.29 bits per heavy atom. The second-order valence-electron chi connectivity index (χ2n) is 4.36. The van der Waals surface area contributed by atoms with Crippen LogP contribution in [-0.4, -0.2) is 28.6 Å². The lowest BCUT2D eigenvalue weighted by Gasteiger charge is -2.07. The first kappa shape index (κ1) is 11.5. The van der Waals surface area contributed by atoms with Gasteiger partial charge in [-0.1, -0.05) is 0 Å². The van der Waals surface area contributed by atoms with Gasteiger partial charge in [-0.3, -0.25) is 10.1 Å². The van der Waals surface area contributed by atoms with Crippen LogP contribution >= 0.6 is 23.1 Å². The lowest BCUT2D eigenvalue weighted by atomic mass is 10.0. The molecule has 92 valence electrons. The van der Waals surface area contributed by atoms with Crippen molar-refractivity contribution in [3.63, 3.8) is 0 Å². The third-order valence-corrected chi connectivity index (χ3v) is 5.12. The summed E-state index contributed by atoms with van der Waals surface area (Å²) in [7, 11) is 0. The summed E-state index contributed by atoms with van der Waals surface area (Å²) in [5, 5.41) is 6.88. The third-order valence-electron chi connectivity index (χ3n) is 3.11. The van der Waals surface area contributed by atoms with Crippen molar-refractivity contribution in [2.24, 2.45) is 0 Å². The smallest absolute Gasteiger partial charge is 0.244 e.